The van der Waals surface area contributed by atoms with E-state index in [-0.39, 0.29) is 23.5 Å². The van der Waals surface area contributed by atoms with E-state index in [1.54, 1.807) is 17.0 Å². The molecule has 1 N–H and O–H groups in total. The molecule has 6 heteroatoms. The van der Waals surface area contributed by atoms with Crippen LogP contribution in [0.15, 0.2) is 40.8 Å². The number of halogens is 1. The third kappa shape index (κ3) is 3.14. The first-order chi connectivity index (χ1) is 10.5. The summed E-state index contributed by atoms with van der Waals surface area (Å²) in [4.78, 5) is 25.1. The van der Waals surface area contributed by atoms with Gasteiger partial charge in [-0.25, -0.2) is 4.79 Å². The minimum Gasteiger partial charge on any atom is -0.475 e. The van der Waals surface area contributed by atoms with Crippen LogP contribution in [0.1, 0.15) is 39.5 Å². The Bertz CT molecular complexity index is 703. The average molecular weight is 320 g/mol. The molecule has 5 nitrogen and oxygen atoms in total. The zero-order valence-corrected chi connectivity index (χ0v) is 12.4. The molecule has 1 aromatic heterocycles. The van der Waals surface area contributed by atoms with Crippen molar-refractivity contribution in [2.45, 2.75) is 25.4 Å². The minimum absolute atomic E-state index is 0.0539. The molecule has 1 aromatic carbocycles. The summed E-state index contributed by atoms with van der Waals surface area (Å²) in [6.07, 6.45) is 1.90. The molecule has 1 aliphatic rings. The Hall–Kier alpha value is -2.27. The highest BCUT2D eigenvalue weighted by Crippen LogP contribution is 2.30. The third-order valence-electron chi connectivity index (χ3n) is 3.54. The number of rotatable bonds is 5. The van der Waals surface area contributed by atoms with Gasteiger partial charge in [0.25, 0.3) is 5.91 Å². The van der Waals surface area contributed by atoms with Crippen molar-refractivity contribution in [3.8, 4) is 0 Å². The summed E-state index contributed by atoms with van der Waals surface area (Å²) in [5.74, 6) is -1.65. The molecule has 1 saturated carbocycles. The predicted molar refractivity (Wildman–Crippen MR) is 80.0 cm³/mol. The summed E-state index contributed by atoms with van der Waals surface area (Å²) in [5, 5.41) is 9.51. The van der Waals surface area contributed by atoms with E-state index in [0.717, 1.165) is 18.4 Å². The van der Waals surface area contributed by atoms with E-state index in [1.807, 2.05) is 12.1 Å². The molecular weight excluding hydrogens is 306 g/mol. The molecule has 1 amide bonds. The molecule has 0 bridgehead atoms. The molecule has 0 atom stereocenters. The predicted octanol–water partition coefficient (Wildman–Crippen LogP) is 3.44. The molecule has 1 heterocycles. The van der Waals surface area contributed by atoms with E-state index in [1.165, 1.54) is 12.1 Å². The Kier molecular flexibility index (Phi) is 3.90. The van der Waals surface area contributed by atoms with E-state index in [4.69, 9.17) is 21.1 Å². The number of amides is 1. The first-order valence-corrected chi connectivity index (χ1v) is 7.31. The maximum Gasteiger partial charge on any atom is 0.371 e. The van der Waals surface area contributed by atoms with Crippen molar-refractivity contribution < 1.29 is 19.1 Å². The topological polar surface area (TPSA) is 70.8 Å². The number of carbonyl (C=O) groups is 2. The Labute approximate surface area is 132 Å². The summed E-state index contributed by atoms with van der Waals surface area (Å²) in [7, 11) is 0. The van der Waals surface area contributed by atoms with Gasteiger partial charge >= 0.3 is 5.97 Å². The van der Waals surface area contributed by atoms with Crippen LogP contribution < -0.4 is 0 Å². The van der Waals surface area contributed by atoms with Crippen molar-refractivity contribution in [3.63, 3.8) is 0 Å². The molecule has 0 radical (unpaired) electrons. The highest BCUT2D eigenvalue weighted by Gasteiger charge is 2.34. The highest BCUT2D eigenvalue weighted by molar-refractivity contribution is 6.30. The quantitative estimate of drug-likeness (QED) is 0.916. The van der Waals surface area contributed by atoms with Gasteiger partial charge in [-0.3, -0.25) is 4.79 Å². The second kappa shape index (κ2) is 5.85. The fourth-order valence-corrected chi connectivity index (χ4v) is 2.37. The average Bonchev–Trinajstić information content (AvgIpc) is 3.21. The maximum absolute atomic E-state index is 12.5. The van der Waals surface area contributed by atoms with E-state index in [0.29, 0.717) is 11.6 Å². The number of carboxylic acid groups (broad SMARTS) is 1. The van der Waals surface area contributed by atoms with E-state index >= 15 is 0 Å². The Morgan fingerprint density at radius 2 is 1.77 bits per heavy atom. The number of hydrogen-bond donors (Lipinski definition) is 1. The summed E-state index contributed by atoms with van der Waals surface area (Å²) >= 11 is 5.86. The molecule has 0 spiro atoms. The number of furan rings is 1. The lowest BCUT2D eigenvalue weighted by Gasteiger charge is -2.21. The van der Waals surface area contributed by atoms with Crippen LogP contribution in [-0.2, 0) is 6.54 Å². The van der Waals surface area contributed by atoms with Gasteiger partial charge in [0.15, 0.2) is 5.76 Å². The zero-order chi connectivity index (χ0) is 15.7. The van der Waals surface area contributed by atoms with Gasteiger partial charge in [-0.05, 0) is 42.7 Å². The second-order valence-corrected chi connectivity index (χ2v) is 5.70. The van der Waals surface area contributed by atoms with Gasteiger partial charge in [0.2, 0.25) is 5.76 Å². The number of carboxylic acids is 1. The van der Waals surface area contributed by atoms with Gasteiger partial charge in [-0.2, -0.15) is 0 Å². The summed E-state index contributed by atoms with van der Waals surface area (Å²) in [6, 6.07) is 10.2. The van der Waals surface area contributed by atoms with E-state index < -0.39 is 5.97 Å². The lowest BCUT2D eigenvalue weighted by molar-refractivity contribution is 0.0644. The second-order valence-electron chi connectivity index (χ2n) is 5.26. The molecule has 3 rings (SSSR count). The summed E-state index contributed by atoms with van der Waals surface area (Å²) in [6.45, 7) is 0.448. The largest absolute Gasteiger partial charge is 0.475 e. The number of carbonyl (C=O) groups excluding carboxylic acids is 1. The molecule has 0 unspecified atom stereocenters. The SMILES string of the molecule is O=C(O)c1ccc(C(=O)N(Cc2ccc(Cl)cc2)C2CC2)o1. The van der Waals surface area contributed by atoms with Crippen LogP contribution in [0.3, 0.4) is 0 Å². The van der Waals surface area contributed by atoms with Crippen molar-refractivity contribution >= 4 is 23.5 Å². The zero-order valence-electron chi connectivity index (χ0n) is 11.7. The smallest absolute Gasteiger partial charge is 0.371 e. The molecule has 22 heavy (non-hydrogen) atoms. The van der Waals surface area contributed by atoms with E-state index in [9.17, 15) is 9.59 Å². The van der Waals surface area contributed by atoms with Crippen molar-refractivity contribution in [2.75, 3.05) is 0 Å². The van der Waals surface area contributed by atoms with Gasteiger partial charge in [-0.15, -0.1) is 0 Å². The van der Waals surface area contributed by atoms with Crippen molar-refractivity contribution in [1.29, 1.82) is 0 Å². The first kappa shape index (κ1) is 14.7. The number of nitrogens with zero attached hydrogens (tertiary/aromatic N) is 1. The highest BCUT2D eigenvalue weighted by atomic mass is 35.5. The number of aromatic carboxylic acids is 1. The van der Waals surface area contributed by atoms with Crippen molar-refractivity contribution in [1.82, 2.24) is 4.90 Å². The van der Waals surface area contributed by atoms with Gasteiger partial charge in [-0.1, -0.05) is 23.7 Å². The lowest BCUT2D eigenvalue weighted by Crippen LogP contribution is -2.32. The number of hydrogen-bond acceptors (Lipinski definition) is 3. The molecule has 2 aromatic rings. The minimum atomic E-state index is -1.19. The van der Waals surface area contributed by atoms with Gasteiger partial charge in [0, 0.05) is 17.6 Å². The van der Waals surface area contributed by atoms with Gasteiger partial charge < -0.3 is 14.4 Å². The normalized spacial score (nSPS) is 13.9. The van der Waals surface area contributed by atoms with Crippen LogP contribution in [0.2, 0.25) is 5.02 Å². The maximum atomic E-state index is 12.5. The monoisotopic (exact) mass is 319 g/mol. The Morgan fingerprint density at radius 3 is 2.32 bits per heavy atom. The van der Waals surface area contributed by atoms with Crippen LogP contribution in [0.4, 0.5) is 0 Å². The fraction of sp³-hybridized carbons (Fsp3) is 0.250. The van der Waals surface area contributed by atoms with E-state index in [2.05, 4.69) is 0 Å². The molecule has 1 aliphatic carbocycles. The Balaban J connectivity index is 1.79. The molecule has 0 aliphatic heterocycles. The molecule has 114 valence electrons. The van der Waals surface area contributed by atoms with Crippen LogP contribution in [-0.4, -0.2) is 27.9 Å². The standard InChI is InChI=1S/C16H14ClNO4/c17-11-3-1-10(2-4-11)9-18(12-5-6-12)15(19)13-7-8-14(22-13)16(20)21/h1-4,7-8,12H,5-6,9H2,(H,20,21). The van der Waals surface area contributed by atoms with Crippen LogP contribution in [0.25, 0.3) is 0 Å². The van der Waals surface area contributed by atoms with Crippen LogP contribution >= 0.6 is 11.6 Å². The Morgan fingerprint density at radius 1 is 1.14 bits per heavy atom. The van der Waals surface area contributed by atoms with Gasteiger partial charge in [0.05, 0.1) is 0 Å². The number of benzene rings is 1. The lowest BCUT2D eigenvalue weighted by atomic mass is 10.2. The van der Waals surface area contributed by atoms with Crippen LogP contribution in [0.5, 0.6) is 0 Å². The first-order valence-electron chi connectivity index (χ1n) is 6.93. The fourth-order valence-electron chi connectivity index (χ4n) is 2.25. The molecule has 0 saturated heterocycles. The molecule has 1 fully saturated rings. The van der Waals surface area contributed by atoms with Crippen molar-refractivity contribution in [2.24, 2.45) is 0 Å². The van der Waals surface area contributed by atoms with Crippen LogP contribution in [0, 0.1) is 0 Å². The molecular formula is C16H14ClNO4. The van der Waals surface area contributed by atoms with Crippen molar-refractivity contribution in [3.05, 3.63) is 58.5 Å². The summed E-state index contributed by atoms with van der Waals surface area (Å²) in [5.41, 5.74) is 0.967. The third-order valence-corrected chi connectivity index (χ3v) is 3.79. The van der Waals surface area contributed by atoms with Gasteiger partial charge in [0.1, 0.15) is 0 Å². The summed E-state index contributed by atoms with van der Waals surface area (Å²) < 4.78 is 5.11.